The molecule has 0 aliphatic heterocycles. The number of benzene rings is 1. The molecule has 0 aliphatic rings. The molecule has 0 radical (unpaired) electrons. The van der Waals surface area contributed by atoms with Crippen LogP contribution in [0.25, 0.3) is 0 Å². The van der Waals surface area contributed by atoms with Crippen LogP contribution in [0.5, 0.6) is 0 Å². The highest BCUT2D eigenvalue weighted by molar-refractivity contribution is 7.99. The summed E-state index contributed by atoms with van der Waals surface area (Å²) in [6.07, 6.45) is 1.29. The van der Waals surface area contributed by atoms with Crippen molar-refractivity contribution in [3.05, 3.63) is 29.8 Å². The van der Waals surface area contributed by atoms with Crippen molar-refractivity contribution >= 4 is 17.5 Å². The first-order valence-electron chi connectivity index (χ1n) is 6.00. The second kappa shape index (κ2) is 6.82. The predicted molar refractivity (Wildman–Crippen MR) is 74.3 cm³/mol. The Bertz CT molecular complexity index is 359. The summed E-state index contributed by atoms with van der Waals surface area (Å²) in [4.78, 5) is 12.2. The van der Waals surface area contributed by atoms with Crippen molar-refractivity contribution in [1.82, 2.24) is 0 Å². The van der Waals surface area contributed by atoms with E-state index in [1.54, 1.807) is 6.92 Å². The van der Waals surface area contributed by atoms with Crippen molar-refractivity contribution in [1.29, 1.82) is 0 Å². The van der Waals surface area contributed by atoms with Gasteiger partial charge in [0.15, 0.2) is 0 Å². The van der Waals surface area contributed by atoms with Gasteiger partial charge in [0.05, 0.1) is 0 Å². The molecule has 1 aromatic rings. The molecule has 2 nitrogen and oxygen atoms in total. The Labute approximate surface area is 108 Å². The Morgan fingerprint density at radius 1 is 1.29 bits per heavy atom. The van der Waals surface area contributed by atoms with Crippen LogP contribution in [0.3, 0.4) is 0 Å². The molecule has 0 bridgehead atoms. The quantitative estimate of drug-likeness (QED) is 0.786. The molecular weight excluding hydrogens is 230 g/mol. The van der Waals surface area contributed by atoms with Crippen LogP contribution in [0.4, 0.5) is 0 Å². The molecule has 0 aliphatic carbocycles. The van der Waals surface area contributed by atoms with Gasteiger partial charge in [0.25, 0.3) is 0 Å². The van der Waals surface area contributed by atoms with Crippen molar-refractivity contribution in [2.24, 2.45) is 5.73 Å². The largest absolute Gasteiger partial charge is 0.324 e. The smallest absolute Gasteiger partial charge is 0.129 e. The van der Waals surface area contributed by atoms with Crippen LogP contribution in [-0.4, -0.2) is 11.0 Å². The molecule has 3 heteroatoms. The summed E-state index contributed by atoms with van der Waals surface area (Å²) in [7, 11) is 0. The Morgan fingerprint density at radius 3 is 2.35 bits per heavy atom. The molecule has 0 amide bonds. The van der Waals surface area contributed by atoms with Crippen LogP contribution < -0.4 is 5.73 Å². The number of carbonyl (C=O) groups excluding carboxylic acids is 1. The second-order valence-corrected chi connectivity index (χ2v) is 6.23. The number of thioether (sulfide) groups is 1. The first-order chi connectivity index (χ1) is 7.99. The average Bonchev–Trinajstić information content (AvgIpc) is 2.26. The van der Waals surface area contributed by atoms with E-state index in [1.807, 2.05) is 11.8 Å². The molecule has 0 heterocycles. The van der Waals surface area contributed by atoms with E-state index in [4.69, 9.17) is 5.73 Å². The van der Waals surface area contributed by atoms with Gasteiger partial charge >= 0.3 is 0 Å². The van der Waals surface area contributed by atoms with E-state index in [0.29, 0.717) is 11.7 Å². The predicted octanol–water partition coefficient (Wildman–Crippen LogP) is 3.56. The fourth-order valence-electron chi connectivity index (χ4n) is 1.59. The minimum atomic E-state index is -0.0306. The van der Waals surface area contributed by atoms with Gasteiger partial charge in [-0.15, -0.1) is 11.8 Å². The van der Waals surface area contributed by atoms with Crippen LogP contribution in [0.15, 0.2) is 29.2 Å². The zero-order chi connectivity index (χ0) is 12.8. The van der Waals surface area contributed by atoms with Crippen molar-refractivity contribution in [3.63, 3.8) is 0 Å². The third-order valence-electron chi connectivity index (χ3n) is 2.49. The maximum atomic E-state index is 10.9. The molecule has 0 aromatic heterocycles. The van der Waals surface area contributed by atoms with Gasteiger partial charge in [-0.05, 0) is 31.0 Å². The molecule has 0 spiro atoms. The van der Waals surface area contributed by atoms with E-state index in [1.165, 1.54) is 4.90 Å². The van der Waals surface area contributed by atoms with Crippen molar-refractivity contribution < 1.29 is 4.79 Å². The highest BCUT2D eigenvalue weighted by Crippen LogP contribution is 2.25. The molecule has 0 saturated carbocycles. The fraction of sp³-hybridized carbons (Fsp3) is 0.500. The molecule has 1 aromatic carbocycles. The summed E-state index contributed by atoms with van der Waals surface area (Å²) in [5.41, 5.74) is 7.15. The lowest BCUT2D eigenvalue weighted by atomic mass is 10.0. The molecule has 0 saturated heterocycles. The monoisotopic (exact) mass is 251 g/mol. The van der Waals surface area contributed by atoms with Gasteiger partial charge in [-0.1, -0.05) is 26.0 Å². The molecule has 1 atom stereocenters. The van der Waals surface area contributed by atoms with Gasteiger partial charge in [0.1, 0.15) is 5.78 Å². The van der Waals surface area contributed by atoms with Gasteiger partial charge in [-0.25, -0.2) is 0 Å². The normalized spacial score (nSPS) is 12.8. The van der Waals surface area contributed by atoms with Crippen LogP contribution in [0.2, 0.25) is 0 Å². The lowest BCUT2D eigenvalue weighted by Gasteiger charge is -2.12. The average molecular weight is 251 g/mol. The maximum Gasteiger partial charge on any atom is 0.129 e. The maximum absolute atomic E-state index is 10.9. The molecule has 1 unspecified atom stereocenters. The summed E-state index contributed by atoms with van der Waals surface area (Å²) in [6, 6.07) is 8.31. The summed E-state index contributed by atoms with van der Waals surface area (Å²) >= 11 is 1.84. The van der Waals surface area contributed by atoms with Crippen LogP contribution >= 0.6 is 11.8 Å². The fourth-order valence-corrected chi connectivity index (χ4v) is 2.43. The van der Waals surface area contributed by atoms with E-state index in [2.05, 4.69) is 38.1 Å². The molecule has 17 heavy (non-hydrogen) atoms. The topological polar surface area (TPSA) is 43.1 Å². The SMILES string of the molecule is CC(=O)CCC(N)c1ccc(SC(C)C)cc1. The lowest BCUT2D eigenvalue weighted by molar-refractivity contribution is -0.117. The van der Waals surface area contributed by atoms with Crippen LogP contribution in [-0.2, 0) is 4.79 Å². The molecule has 0 fully saturated rings. The highest BCUT2D eigenvalue weighted by Gasteiger charge is 2.07. The van der Waals surface area contributed by atoms with Gasteiger partial charge in [0, 0.05) is 22.6 Å². The number of hydrogen-bond acceptors (Lipinski definition) is 3. The third kappa shape index (κ3) is 5.37. The van der Waals surface area contributed by atoms with Crippen molar-refractivity contribution in [2.75, 3.05) is 0 Å². The second-order valence-electron chi connectivity index (χ2n) is 4.58. The summed E-state index contributed by atoms with van der Waals surface area (Å²) in [5.74, 6) is 0.201. The van der Waals surface area contributed by atoms with E-state index >= 15 is 0 Å². The highest BCUT2D eigenvalue weighted by atomic mass is 32.2. The summed E-state index contributed by atoms with van der Waals surface area (Å²) < 4.78 is 0. The minimum Gasteiger partial charge on any atom is -0.324 e. The standard InChI is InChI=1S/C14H21NOS/c1-10(2)17-13-7-5-12(6-8-13)14(15)9-4-11(3)16/h5-8,10,14H,4,9,15H2,1-3H3. The third-order valence-corrected chi connectivity index (χ3v) is 3.50. The minimum absolute atomic E-state index is 0.0306. The van der Waals surface area contributed by atoms with Crippen LogP contribution in [0.1, 0.15) is 45.2 Å². The number of ketones is 1. The molecular formula is C14H21NOS. The van der Waals surface area contributed by atoms with E-state index in [-0.39, 0.29) is 11.8 Å². The van der Waals surface area contributed by atoms with Gasteiger partial charge in [-0.2, -0.15) is 0 Å². The zero-order valence-electron chi connectivity index (χ0n) is 10.8. The summed E-state index contributed by atoms with van der Waals surface area (Å²) in [6.45, 7) is 5.96. The summed E-state index contributed by atoms with van der Waals surface area (Å²) in [5, 5.41) is 0.590. The Hall–Kier alpha value is -0.800. The Kier molecular flexibility index (Phi) is 5.72. The Balaban J connectivity index is 2.57. The van der Waals surface area contributed by atoms with E-state index in [0.717, 1.165) is 12.0 Å². The van der Waals surface area contributed by atoms with Gasteiger partial charge in [0.2, 0.25) is 0 Å². The Morgan fingerprint density at radius 2 is 1.88 bits per heavy atom. The first-order valence-corrected chi connectivity index (χ1v) is 6.88. The number of nitrogens with two attached hydrogens (primary N) is 1. The van der Waals surface area contributed by atoms with Gasteiger partial charge in [-0.3, -0.25) is 0 Å². The van der Waals surface area contributed by atoms with E-state index in [9.17, 15) is 4.79 Å². The molecule has 2 N–H and O–H groups in total. The number of hydrogen-bond donors (Lipinski definition) is 1. The molecule has 1 rings (SSSR count). The zero-order valence-corrected chi connectivity index (χ0v) is 11.6. The van der Waals surface area contributed by atoms with Gasteiger partial charge < -0.3 is 10.5 Å². The van der Waals surface area contributed by atoms with Crippen molar-refractivity contribution in [2.45, 2.75) is 49.8 Å². The van der Waals surface area contributed by atoms with Crippen LogP contribution in [0, 0.1) is 0 Å². The number of Topliss-reactive ketones (excluding diaryl/α,β-unsaturated/α-hetero) is 1. The number of rotatable bonds is 6. The lowest BCUT2D eigenvalue weighted by Crippen LogP contribution is -2.11. The van der Waals surface area contributed by atoms with Crippen molar-refractivity contribution in [3.8, 4) is 0 Å². The first kappa shape index (κ1) is 14.3. The molecule has 94 valence electrons. The number of carbonyl (C=O) groups is 1. The van der Waals surface area contributed by atoms with E-state index < -0.39 is 0 Å².